The number of benzene rings is 1. The molecule has 1 atom stereocenters. The normalized spacial score (nSPS) is 20.1. The smallest absolute Gasteiger partial charge is 0.357 e. The van der Waals surface area contributed by atoms with Crippen LogP contribution in [0.3, 0.4) is 0 Å². The third kappa shape index (κ3) is 1.61. The van der Waals surface area contributed by atoms with Crippen LogP contribution in [0.5, 0.6) is 0 Å². The highest BCUT2D eigenvalue weighted by Gasteiger charge is 2.35. The molecule has 96 valence electrons. The molecule has 1 heterocycles. The highest BCUT2D eigenvalue weighted by atomic mass is 19.4. The minimum atomic E-state index is -4.32. The molecule has 5 heteroatoms. The maximum absolute atomic E-state index is 13.0. The maximum atomic E-state index is 13.0. The Balaban J connectivity index is 2.34. The van der Waals surface area contributed by atoms with Crippen LogP contribution in [0.25, 0.3) is 10.9 Å². The Morgan fingerprint density at radius 2 is 2.06 bits per heavy atom. The van der Waals surface area contributed by atoms with Gasteiger partial charge in [-0.15, -0.1) is 0 Å². The summed E-state index contributed by atoms with van der Waals surface area (Å²) in [4.78, 5) is 3.05. The molecule has 3 N–H and O–H groups in total. The van der Waals surface area contributed by atoms with Crippen molar-refractivity contribution in [3.63, 3.8) is 0 Å². The second-order valence-corrected chi connectivity index (χ2v) is 4.74. The van der Waals surface area contributed by atoms with Crippen LogP contribution in [0.1, 0.15) is 35.7 Å². The van der Waals surface area contributed by atoms with Gasteiger partial charge in [0.2, 0.25) is 0 Å². The van der Waals surface area contributed by atoms with Crippen LogP contribution in [0.15, 0.2) is 18.2 Å². The number of fused-ring (bicyclic) bond motifs is 3. The first-order chi connectivity index (χ1) is 8.48. The number of hydrogen-bond acceptors (Lipinski definition) is 1. The van der Waals surface area contributed by atoms with E-state index in [9.17, 15) is 13.2 Å². The molecule has 1 aromatic heterocycles. The van der Waals surface area contributed by atoms with Gasteiger partial charge >= 0.3 is 6.18 Å². The summed E-state index contributed by atoms with van der Waals surface area (Å²) < 4.78 is 39.1. The zero-order valence-corrected chi connectivity index (χ0v) is 9.64. The highest BCUT2D eigenvalue weighted by Crippen LogP contribution is 2.40. The number of aryl methyl sites for hydroxylation is 1. The van der Waals surface area contributed by atoms with Gasteiger partial charge < -0.3 is 10.7 Å². The van der Waals surface area contributed by atoms with Crippen LogP contribution in [0.2, 0.25) is 0 Å². The number of aromatic nitrogens is 1. The number of nitrogens with two attached hydrogens (primary N) is 1. The van der Waals surface area contributed by atoms with Crippen molar-refractivity contribution in [3.8, 4) is 0 Å². The summed E-state index contributed by atoms with van der Waals surface area (Å²) in [5.74, 6) is 0. The molecule has 18 heavy (non-hydrogen) atoms. The monoisotopic (exact) mass is 254 g/mol. The number of nitrogens with one attached hydrogen (secondary N) is 1. The summed E-state index contributed by atoms with van der Waals surface area (Å²) in [5, 5.41) is 0.301. The van der Waals surface area contributed by atoms with Gasteiger partial charge in [0.25, 0.3) is 0 Å². The number of H-pyrrole nitrogens is 1. The molecule has 0 amide bonds. The zero-order chi connectivity index (χ0) is 12.9. The molecule has 1 unspecified atom stereocenters. The van der Waals surface area contributed by atoms with E-state index in [1.165, 1.54) is 6.07 Å². The van der Waals surface area contributed by atoms with E-state index in [2.05, 4.69) is 4.98 Å². The van der Waals surface area contributed by atoms with E-state index >= 15 is 0 Å². The molecule has 0 fully saturated rings. The largest absolute Gasteiger partial charge is 0.417 e. The minimum Gasteiger partial charge on any atom is -0.357 e. The van der Waals surface area contributed by atoms with Gasteiger partial charge in [0.1, 0.15) is 0 Å². The van der Waals surface area contributed by atoms with Crippen molar-refractivity contribution in [1.82, 2.24) is 4.98 Å². The lowest BCUT2D eigenvalue weighted by Gasteiger charge is -2.19. The molecule has 2 aromatic rings. The molecule has 3 rings (SSSR count). The molecule has 1 aliphatic rings. The topological polar surface area (TPSA) is 41.8 Å². The fraction of sp³-hybridized carbons (Fsp3) is 0.385. The predicted molar refractivity (Wildman–Crippen MR) is 63.2 cm³/mol. The summed E-state index contributed by atoms with van der Waals surface area (Å²) in [6, 6.07) is 4.06. The Hall–Kier alpha value is -1.49. The third-order valence-electron chi connectivity index (χ3n) is 3.58. The number of hydrogen-bond donors (Lipinski definition) is 2. The Morgan fingerprint density at radius 3 is 2.78 bits per heavy atom. The quantitative estimate of drug-likeness (QED) is 0.742. The first kappa shape index (κ1) is 11.6. The summed E-state index contributed by atoms with van der Waals surface area (Å²) in [6.07, 6.45) is -2.00. The molecular formula is C13H13F3N2. The third-order valence-corrected chi connectivity index (χ3v) is 3.58. The van der Waals surface area contributed by atoms with Gasteiger partial charge in [-0.1, -0.05) is 6.07 Å². The average Bonchev–Trinajstić information content (AvgIpc) is 2.68. The van der Waals surface area contributed by atoms with Gasteiger partial charge in [0.05, 0.1) is 5.56 Å². The van der Waals surface area contributed by atoms with Crippen molar-refractivity contribution in [3.05, 3.63) is 35.0 Å². The van der Waals surface area contributed by atoms with E-state index < -0.39 is 11.7 Å². The Morgan fingerprint density at radius 1 is 1.28 bits per heavy atom. The number of rotatable bonds is 0. The van der Waals surface area contributed by atoms with Crippen molar-refractivity contribution < 1.29 is 13.2 Å². The molecule has 0 bridgehead atoms. The van der Waals surface area contributed by atoms with Crippen molar-refractivity contribution in [1.29, 1.82) is 0 Å². The summed E-state index contributed by atoms with van der Waals surface area (Å²) in [5.41, 5.74) is 7.45. The predicted octanol–water partition coefficient (Wildman–Crippen LogP) is 3.52. The lowest BCUT2D eigenvalue weighted by atomic mass is 9.91. The van der Waals surface area contributed by atoms with Crippen LogP contribution in [0, 0.1) is 0 Å². The zero-order valence-electron chi connectivity index (χ0n) is 9.64. The van der Waals surface area contributed by atoms with E-state index in [0.717, 1.165) is 30.2 Å². The molecule has 0 saturated carbocycles. The Bertz CT molecular complexity index is 598. The second kappa shape index (κ2) is 3.75. The molecule has 0 aliphatic heterocycles. The summed E-state index contributed by atoms with van der Waals surface area (Å²) in [7, 11) is 0. The van der Waals surface area contributed by atoms with E-state index in [4.69, 9.17) is 5.73 Å². The first-order valence-corrected chi connectivity index (χ1v) is 5.94. The van der Waals surface area contributed by atoms with E-state index in [-0.39, 0.29) is 6.04 Å². The van der Waals surface area contributed by atoms with Crippen molar-refractivity contribution in [2.75, 3.05) is 0 Å². The van der Waals surface area contributed by atoms with Gasteiger partial charge in [-0.25, -0.2) is 0 Å². The number of halogens is 3. The molecule has 2 nitrogen and oxygen atoms in total. The van der Waals surface area contributed by atoms with Crippen LogP contribution in [-0.2, 0) is 12.6 Å². The minimum absolute atomic E-state index is 0.178. The summed E-state index contributed by atoms with van der Waals surface area (Å²) in [6.45, 7) is 0. The standard InChI is InChI=1S/C13H13F3N2/c14-13(15,16)8-4-2-6-10-11(8)7-3-1-5-9(17)12(7)18-10/h2,4,6,9,18H,1,3,5,17H2. The van der Waals surface area contributed by atoms with Crippen molar-refractivity contribution in [2.24, 2.45) is 5.73 Å². The van der Waals surface area contributed by atoms with Crippen molar-refractivity contribution in [2.45, 2.75) is 31.5 Å². The van der Waals surface area contributed by atoms with Crippen molar-refractivity contribution >= 4 is 10.9 Å². The maximum Gasteiger partial charge on any atom is 0.417 e. The fourth-order valence-corrected chi connectivity index (χ4v) is 2.79. The van der Waals surface area contributed by atoms with Gasteiger partial charge in [0, 0.05) is 22.6 Å². The van der Waals surface area contributed by atoms with Gasteiger partial charge in [-0.3, -0.25) is 0 Å². The molecular weight excluding hydrogens is 241 g/mol. The lowest BCUT2D eigenvalue weighted by molar-refractivity contribution is -0.136. The van der Waals surface area contributed by atoms with Gasteiger partial charge in [0.15, 0.2) is 0 Å². The van der Waals surface area contributed by atoms with Gasteiger partial charge in [-0.2, -0.15) is 13.2 Å². The Labute approximate surface area is 102 Å². The lowest BCUT2D eigenvalue weighted by Crippen LogP contribution is -2.17. The Kier molecular flexibility index (Phi) is 2.41. The molecule has 1 aromatic carbocycles. The first-order valence-electron chi connectivity index (χ1n) is 5.94. The van der Waals surface area contributed by atoms with E-state index in [1.807, 2.05) is 0 Å². The molecule has 1 aliphatic carbocycles. The SMILES string of the molecule is NC1CCCc2c1[nH]c1cccc(C(F)(F)F)c21. The molecule has 0 spiro atoms. The van der Waals surface area contributed by atoms with Crippen LogP contribution in [0.4, 0.5) is 13.2 Å². The number of alkyl halides is 3. The van der Waals surface area contributed by atoms with Crippen LogP contribution >= 0.6 is 0 Å². The average molecular weight is 254 g/mol. The molecule has 0 saturated heterocycles. The van der Waals surface area contributed by atoms with Crippen LogP contribution < -0.4 is 5.73 Å². The number of aromatic amines is 1. The highest BCUT2D eigenvalue weighted by molar-refractivity contribution is 5.89. The van der Waals surface area contributed by atoms with E-state index in [0.29, 0.717) is 17.3 Å². The molecule has 0 radical (unpaired) electrons. The summed E-state index contributed by atoms with van der Waals surface area (Å²) >= 11 is 0. The van der Waals surface area contributed by atoms with Gasteiger partial charge in [-0.05, 0) is 37.0 Å². The van der Waals surface area contributed by atoms with E-state index in [1.54, 1.807) is 6.07 Å². The van der Waals surface area contributed by atoms with Crippen LogP contribution in [-0.4, -0.2) is 4.98 Å². The fourth-order valence-electron chi connectivity index (χ4n) is 2.79. The second-order valence-electron chi connectivity index (χ2n) is 4.74.